The van der Waals surface area contributed by atoms with Crippen LogP contribution in [0.25, 0.3) is 0 Å². The minimum absolute atomic E-state index is 0. The largest absolute Gasteiger partial charge is 0.446 e. The van der Waals surface area contributed by atoms with Crippen molar-refractivity contribution in [3.8, 4) is 0 Å². The van der Waals surface area contributed by atoms with E-state index in [1.54, 1.807) is 24.0 Å². The van der Waals surface area contributed by atoms with Gasteiger partial charge in [-0.15, -0.1) is 12.4 Å². The molecule has 0 radical (unpaired) electrons. The molecule has 2 N–H and O–H groups in total. The Morgan fingerprint density at radius 1 is 1.35 bits per heavy atom. The van der Waals surface area contributed by atoms with E-state index in [1.807, 2.05) is 6.20 Å². The zero-order chi connectivity index (χ0) is 18.0. The smallest absolute Gasteiger partial charge is 0.325 e. The number of anilines is 1. The van der Waals surface area contributed by atoms with Crippen LogP contribution in [0.15, 0.2) is 41.6 Å². The quantitative estimate of drug-likeness (QED) is 0.764. The van der Waals surface area contributed by atoms with Crippen LogP contribution in [0.2, 0.25) is 0 Å². The molecule has 1 fully saturated rings. The molecular weight excluding hydrogens is 389 g/mol. The van der Waals surface area contributed by atoms with Gasteiger partial charge in [0.05, 0.1) is 17.8 Å². The van der Waals surface area contributed by atoms with Gasteiger partial charge in [0.15, 0.2) is 0 Å². The Balaban J connectivity index is 0.00000243. The maximum absolute atomic E-state index is 12.7. The molecular formula is C16H18ClF3N4OS. The molecule has 0 aliphatic carbocycles. The molecule has 3 rings (SSSR count). The Hall–Kier alpha value is -1.71. The third-order valence-corrected chi connectivity index (χ3v) is 4.88. The summed E-state index contributed by atoms with van der Waals surface area (Å²) in [5.74, 6) is -0.724. The first-order valence-electron chi connectivity index (χ1n) is 7.68. The molecule has 2 aromatic rings. The Kier molecular flexibility index (Phi) is 6.59. The van der Waals surface area contributed by atoms with Crippen LogP contribution in [-0.2, 0) is 11.8 Å². The summed E-state index contributed by atoms with van der Waals surface area (Å²) >= 11 is -0.231. The number of aryl methyl sites for hydroxylation is 1. The van der Waals surface area contributed by atoms with E-state index in [-0.39, 0.29) is 52.5 Å². The molecule has 0 unspecified atom stereocenters. The van der Waals surface area contributed by atoms with Gasteiger partial charge < -0.3 is 10.6 Å². The number of aromatic nitrogens is 2. The molecule has 1 aliphatic heterocycles. The molecule has 0 spiro atoms. The highest BCUT2D eigenvalue weighted by atomic mass is 35.5. The normalized spacial score (nSPS) is 19.8. The van der Waals surface area contributed by atoms with Gasteiger partial charge in [-0.25, -0.2) is 0 Å². The Labute approximate surface area is 159 Å². The number of benzene rings is 1. The third kappa shape index (κ3) is 4.93. The lowest BCUT2D eigenvalue weighted by atomic mass is 9.90. The fourth-order valence-corrected chi connectivity index (χ4v) is 3.57. The number of amides is 1. The number of halogens is 4. The summed E-state index contributed by atoms with van der Waals surface area (Å²) in [6.07, 6.45) is 3.57. The topological polar surface area (TPSA) is 59.0 Å². The van der Waals surface area contributed by atoms with Gasteiger partial charge in [0.25, 0.3) is 0 Å². The predicted octanol–water partition coefficient (Wildman–Crippen LogP) is 3.40. The minimum atomic E-state index is -4.41. The van der Waals surface area contributed by atoms with Gasteiger partial charge in [-0.1, -0.05) is 12.1 Å². The van der Waals surface area contributed by atoms with Crippen LogP contribution in [-0.4, -0.2) is 34.3 Å². The van der Waals surface area contributed by atoms with Crippen molar-refractivity contribution in [1.82, 2.24) is 15.1 Å². The summed E-state index contributed by atoms with van der Waals surface area (Å²) in [5.41, 5.74) is -3.30. The maximum Gasteiger partial charge on any atom is 0.446 e. The molecule has 1 aromatic carbocycles. The SMILES string of the molecule is Cl.Cn1cc([C@H]2CNC[C@@H]2C(=O)Nc2ccccc2SC(F)(F)F)cn1. The summed E-state index contributed by atoms with van der Waals surface area (Å²) in [6.45, 7) is 1.10. The highest BCUT2D eigenvalue weighted by Crippen LogP contribution is 2.40. The highest BCUT2D eigenvalue weighted by Gasteiger charge is 2.35. The molecule has 0 saturated carbocycles. The van der Waals surface area contributed by atoms with Crippen molar-refractivity contribution in [2.75, 3.05) is 18.4 Å². The summed E-state index contributed by atoms with van der Waals surface area (Å²) in [4.78, 5) is 12.6. The van der Waals surface area contributed by atoms with Gasteiger partial charge in [-0.2, -0.15) is 18.3 Å². The second-order valence-corrected chi connectivity index (χ2v) is 6.96. The first-order valence-corrected chi connectivity index (χ1v) is 8.50. The summed E-state index contributed by atoms with van der Waals surface area (Å²) < 4.78 is 39.7. The minimum Gasteiger partial charge on any atom is -0.325 e. The van der Waals surface area contributed by atoms with E-state index in [1.165, 1.54) is 18.2 Å². The molecule has 5 nitrogen and oxygen atoms in total. The number of alkyl halides is 3. The van der Waals surface area contributed by atoms with E-state index in [0.29, 0.717) is 13.1 Å². The molecule has 2 heterocycles. The number of carbonyl (C=O) groups is 1. The fraction of sp³-hybridized carbons (Fsp3) is 0.375. The monoisotopic (exact) mass is 406 g/mol. The van der Waals surface area contributed by atoms with Crippen LogP contribution in [0, 0.1) is 5.92 Å². The average Bonchev–Trinajstić information content (AvgIpc) is 3.16. The molecule has 1 saturated heterocycles. The molecule has 0 bridgehead atoms. The Morgan fingerprint density at radius 3 is 2.73 bits per heavy atom. The zero-order valence-corrected chi connectivity index (χ0v) is 15.4. The molecule has 1 aliphatic rings. The Morgan fingerprint density at radius 2 is 2.08 bits per heavy atom. The van der Waals surface area contributed by atoms with Gasteiger partial charge in [-0.05, 0) is 29.5 Å². The fourth-order valence-electron chi connectivity index (χ4n) is 2.95. The van der Waals surface area contributed by atoms with E-state index in [9.17, 15) is 18.0 Å². The van der Waals surface area contributed by atoms with Crippen LogP contribution in [0.5, 0.6) is 0 Å². The number of hydrogen-bond donors (Lipinski definition) is 2. The third-order valence-electron chi connectivity index (χ3n) is 4.07. The van der Waals surface area contributed by atoms with Gasteiger partial charge in [0.2, 0.25) is 5.91 Å². The molecule has 1 aromatic heterocycles. The average molecular weight is 407 g/mol. The zero-order valence-electron chi connectivity index (χ0n) is 13.8. The summed E-state index contributed by atoms with van der Waals surface area (Å²) in [7, 11) is 1.80. The van der Waals surface area contributed by atoms with Crippen molar-refractivity contribution in [2.45, 2.75) is 16.3 Å². The number of nitrogens with zero attached hydrogens (tertiary/aromatic N) is 2. The highest BCUT2D eigenvalue weighted by molar-refractivity contribution is 8.00. The number of hydrogen-bond acceptors (Lipinski definition) is 4. The van der Waals surface area contributed by atoms with E-state index in [2.05, 4.69) is 15.7 Å². The van der Waals surface area contributed by atoms with E-state index in [4.69, 9.17) is 0 Å². The van der Waals surface area contributed by atoms with Crippen molar-refractivity contribution >= 4 is 35.8 Å². The van der Waals surface area contributed by atoms with Crippen LogP contribution in [0.4, 0.5) is 18.9 Å². The number of para-hydroxylation sites is 1. The second-order valence-electron chi connectivity index (χ2n) is 5.85. The lowest BCUT2D eigenvalue weighted by Crippen LogP contribution is -2.28. The predicted molar refractivity (Wildman–Crippen MR) is 96.5 cm³/mol. The molecule has 1 amide bonds. The summed E-state index contributed by atoms with van der Waals surface area (Å²) in [6, 6.07) is 5.94. The number of thioether (sulfide) groups is 1. The van der Waals surface area contributed by atoms with Crippen molar-refractivity contribution < 1.29 is 18.0 Å². The molecule has 142 valence electrons. The first-order chi connectivity index (χ1) is 11.8. The van der Waals surface area contributed by atoms with Gasteiger partial charge in [0, 0.05) is 37.1 Å². The molecule has 10 heteroatoms. The number of rotatable bonds is 4. The van der Waals surface area contributed by atoms with E-state index in [0.717, 1.165) is 5.56 Å². The molecule has 2 atom stereocenters. The lowest BCUT2D eigenvalue weighted by Gasteiger charge is -2.18. The van der Waals surface area contributed by atoms with Crippen LogP contribution in [0.3, 0.4) is 0 Å². The standard InChI is InChI=1S/C16H17F3N4OS.ClH/c1-23-9-10(6-21-23)11-7-20-8-12(11)15(24)22-13-4-2-3-5-14(13)25-16(17,18)19;/h2-6,9,11-12,20H,7-8H2,1H3,(H,22,24);1H/t11-,12+;/m1./s1. The number of carbonyl (C=O) groups excluding carboxylic acids is 1. The van der Waals surface area contributed by atoms with Gasteiger partial charge in [-0.3, -0.25) is 9.48 Å². The number of nitrogens with one attached hydrogen (secondary N) is 2. The van der Waals surface area contributed by atoms with Crippen molar-refractivity contribution in [3.05, 3.63) is 42.2 Å². The van der Waals surface area contributed by atoms with E-state index < -0.39 is 5.51 Å². The molecule has 26 heavy (non-hydrogen) atoms. The maximum atomic E-state index is 12.7. The second kappa shape index (κ2) is 8.32. The van der Waals surface area contributed by atoms with E-state index >= 15 is 0 Å². The van der Waals surface area contributed by atoms with Crippen molar-refractivity contribution in [2.24, 2.45) is 13.0 Å². The van der Waals surface area contributed by atoms with Crippen molar-refractivity contribution in [3.63, 3.8) is 0 Å². The lowest BCUT2D eigenvalue weighted by molar-refractivity contribution is -0.119. The van der Waals surface area contributed by atoms with Crippen LogP contribution in [0.1, 0.15) is 11.5 Å². The Bertz CT molecular complexity index is 768. The van der Waals surface area contributed by atoms with Gasteiger partial charge in [0.1, 0.15) is 0 Å². The van der Waals surface area contributed by atoms with Crippen LogP contribution >= 0.6 is 24.2 Å². The van der Waals surface area contributed by atoms with Crippen molar-refractivity contribution in [1.29, 1.82) is 0 Å². The van der Waals surface area contributed by atoms with Gasteiger partial charge >= 0.3 is 5.51 Å². The summed E-state index contributed by atoms with van der Waals surface area (Å²) in [5, 5.41) is 9.94. The van der Waals surface area contributed by atoms with Crippen LogP contribution < -0.4 is 10.6 Å². The first kappa shape index (κ1) is 20.6.